The Kier molecular flexibility index (Phi) is 2.26. The zero-order chi connectivity index (χ0) is 12.0. The highest BCUT2D eigenvalue weighted by molar-refractivity contribution is 5.79. The first-order valence-electron chi connectivity index (χ1n) is 6.23. The van der Waals surface area contributed by atoms with E-state index in [1.54, 1.807) is 0 Å². The van der Waals surface area contributed by atoms with Crippen LogP contribution < -0.4 is 5.73 Å². The van der Waals surface area contributed by atoms with Crippen LogP contribution in [0.3, 0.4) is 0 Å². The monoisotopic (exact) mass is 231 g/mol. The third-order valence-corrected chi connectivity index (χ3v) is 4.59. The standard InChI is InChI=1S/C14H17NO2/c15-13(16)12-10-7-4-8-11(12)14(10,17)9-5-2-1-3-6-9/h1-3,5-6,10-12,17H,4,7-8H2,(H2,15,16)/t10-,11+,12?,14?. The summed E-state index contributed by atoms with van der Waals surface area (Å²) in [4.78, 5) is 11.4. The molecular weight excluding hydrogens is 214 g/mol. The molecule has 3 rings (SSSR count). The minimum absolute atomic E-state index is 0.0150. The number of hydrogen-bond donors (Lipinski definition) is 2. The number of benzene rings is 1. The zero-order valence-corrected chi connectivity index (χ0v) is 9.67. The molecule has 0 spiro atoms. The molecule has 90 valence electrons. The van der Waals surface area contributed by atoms with Gasteiger partial charge in [-0.1, -0.05) is 36.8 Å². The number of rotatable bonds is 2. The third kappa shape index (κ3) is 1.29. The maximum Gasteiger partial charge on any atom is 0.221 e. The maximum atomic E-state index is 11.4. The Morgan fingerprint density at radius 2 is 1.82 bits per heavy atom. The molecule has 4 atom stereocenters. The highest BCUT2D eigenvalue weighted by atomic mass is 16.3. The van der Waals surface area contributed by atoms with Crippen LogP contribution in [0.1, 0.15) is 24.8 Å². The van der Waals surface area contributed by atoms with Gasteiger partial charge in [0.05, 0.1) is 5.60 Å². The van der Waals surface area contributed by atoms with E-state index < -0.39 is 5.60 Å². The SMILES string of the molecule is NC(=O)C1[C@H]2CCC[C@@H]1C2(O)c1ccccc1. The van der Waals surface area contributed by atoms with E-state index in [1.807, 2.05) is 30.3 Å². The van der Waals surface area contributed by atoms with Crippen molar-refractivity contribution in [2.75, 3.05) is 0 Å². The van der Waals surface area contributed by atoms with Gasteiger partial charge in [0.25, 0.3) is 0 Å². The summed E-state index contributed by atoms with van der Waals surface area (Å²) in [7, 11) is 0. The Bertz CT molecular complexity index is 431. The molecule has 2 unspecified atom stereocenters. The van der Waals surface area contributed by atoms with Crippen LogP contribution in [0.2, 0.25) is 0 Å². The highest BCUT2D eigenvalue weighted by Gasteiger charge is 2.65. The van der Waals surface area contributed by atoms with Gasteiger partial charge in [0, 0.05) is 17.8 Å². The number of nitrogens with two attached hydrogens (primary N) is 1. The molecule has 2 bridgehead atoms. The number of amides is 1. The number of primary amides is 1. The van der Waals surface area contributed by atoms with Crippen molar-refractivity contribution < 1.29 is 9.90 Å². The highest BCUT2D eigenvalue weighted by Crippen LogP contribution is 2.62. The van der Waals surface area contributed by atoms with Crippen molar-refractivity contribution in [2.45, 2.75) is 24.9 Å². The van der Waals surface area contributed by atoms with Crippen molar-refractivity contribution in [2.24, 2.45) is 23.5 Å². The lowest BCUT2D eigenvalue weighted by Gasteiger charge is -2.61. The minimum atomic E-state index is -0.820. The second-order valence-electron chi connectivity index (χ2n) is 5.26. The van der Waals surface area contributed by atoms with Crippen molar-refractivity contribution in [3.05, 3.63) is 35.9 Å². The summed E-state index contributed by atoms with van der Waals surface area (Å²) in [5.74, 6) is -0.350. The Hall–Kier alpha value is -1.35. The normalized spacial score (nSPS) is 39.5. The van der Waals surface area contributed by atoms with Crippen LogP contribution in [0.15, 0.2) is 30.3 Å². The van der Waals surface area contributed by atoms with Crippen molar-refractivity contribution in [1.82, 2.24) is 0 Å². The van der Waals surface area contributed by atoms with Gasteiger partial charge in [-0.05, 0) is 18.4 Å². The van der Waals surface area contributed by atoms with Gasteiger partial charge in [-0.25, -0.2) is 0 Å². The molecule has 2 aliphatic carbocycles. The first-order chi connectivity index (χ1) is 8.15. The topological polar surface area (TPSA) is 63.3 Å². The van der Waals surface area contributed by atoms with E-state index in [-0.39, 0.29) is 23.7 Å². The number of carbonyl (C=O) groups excluding carboxylic acids is 1. The molecule has 2 fully saturated rings. The predicted molar refractivity (Wildman–Crippen MR) is 63.9 cm³/mol. The van der Waals surface area contributed by atoms with Gasteiger partial charge in [0.2, 0.25) is 5.91 Å². The largest absolute Gasteiger partial charge is 0.385 e. The maximum absolute atomic E-state index is 11.4. The fraction of sp³-hybridized carbons (Fsp3) is 0.500. The fourth-order valence-electron chi connectivity index (χ4n) is 3.87. The summed E-state index contributed by atoms with van der Waals surface area (Å²) in [6.45, 7) is 0. The zero-order valence-electron chi connectivity index (χ0n) is 9.67. The molecule has 3 nitrogen and oxygen atoms in total. The average molecular weight is 231 g/mol. The first kappa shape index (κ1) is 10.8. The van der Waals surface area contributed by atoms with E-state index in [9.17, 15) is 9.90 Å². The summed E-state index contributed by atoms with van der Waals surface area (Å²) in [6.07, 6.45) is 2.89. The smallest absolute Gasteiger partial charge is 0.221 e. The van der Waals surface area contributed by atoms with Gasteiger partial charge in [-0.2, -0.15) is 0 Å². The van der Waals surface area contributed by atoms with Gasteiger partial charge in [-0.15, -0.1) is 0 Å². The summed E-state index contributed by atoms with van der Waals surface area (Å²) in [5, 5.41) is 10.9. The molecular formula is C14H17NO2. The minimum Gasteiger partial charge on any atom is -0.385 e. The average Bonchev–Trinajstić information content (AvgIpc) is 2.38. The lowest BCUT2D eigenvalue weighted by molar-refractivity contribution is -0.228. The molecule has 17 heavy (non-hydrogen) atoms. The van der Waals surface area contributed by atoms with Crippen LogP contribution in [-0.4, -0.2) is 11.0 Å². The number of hydrogen-bond acceptors (Lipinski definition) is 2. The third-order valence-electron chi connectivity index (χ3n) is 4.59. The fourth-order valence-corrected chi connectivity index (χ4v) is 3.87. The molecule has 3 N–H and O–H groups in total. The van der Waals surface area contributed by atoms with Gasteiger partial charge in [-0.3, -0.25) is 4.79 Å². The summed E-state index contributed by atoms with van der Waals surface area (Å²) in [6, 6.07) is 9.69. The van der Waals surface area contributed by atoms with E-state index in [0.29, 0.717) is 0 Å². The van der Waals surface area contributed by atoms with Crippen LogP contribution in [0, 0.1) is 17.8 Å². The molecule has 0 aromatic heterocycles. The summed E-state index contributed by atoms with van der Waals surface area (Å²) in [5.41, 5.74) is 5.55. The van der Waals surface area contributed by atoms with Gasteiger partial charge >= 0.3 is 0 Å². The van der Waals surface area contributed by atoms with Gasteiger partial charge in [0.15, 0.2) is 0 Å². The number of aliphatic hydroxyl groups is 1. The van der Waals surface area contributed by atoms with Gasteiger partial charge < -0.3 is 10.8 Å². The number of fused-ring (bicyclic) bond motifs is 2. The van der Waals surface area contributed by atoms with Crippen LogP contribution in [-0.2, 0) is 10.4 Å². The van der Waals surface area contributed by atoms with E-state index in [1.165, 1.54) is 0 Å². The van der Waals surface area contributed by atoms with Crippen LogP contribution >= 0.6 is 0 Å². The second kappa shape index (κ2) is 3.57. The molecule has 0 radical (unpaired) electrons. The van der Waals surface area contributed by atoms with E-state index in [2.05, 4.69) is 0 Å². The molecule has 1 aromatic rings. The van der Waals surface area contributed by atoms with Crippen molar-refractivity contribution in [3.8, 4) is 0 Å². The Morgan fingerprint density at radius 1 is 1.24 bits per heavy atom. The van der Waals surface area contributed by atoms with E-state index in [4.69, 9.17) is 5.73 Å². The first-order valence-corrected chi connectivity index (χ1v) is 6.23. The summed E-state index contributed by atoms with van der Waals surface area (Å²) < 4.78 is 0. The lowest BCUT2D eigenvalue weighted by Crippen LogP contribution is -2.65. The summed E-state index contributed by atoms with van der Waals surface area (Å²) >= 11 is 0. The van der Waals surface area contributed by atoms with Crippen LogP contribution in [0.4, 0.5) is 0 Å². The lowest BCUT2D eigenvalue weighted by atomic mass is 9.45. The van der Waals surface area contributed by atoms with Crippen molar-refractivity contribution in [3.63, 3.8) is 0 Å². The van der Waals surface area contributed by atoms with Crippen molar-refractivity contribution >= 4 is 5.91 Å². The molecule has 2 aliphatic rings. The molecule has 1 aromatic carbocycles. The van der Waals surface area contributed by atoms with Crippen LogP contribution in [0.25, 0.3) is 0 Å². The Morgan fingerprint density at radius 3 is 2.35 bits per heavy atom. The molecule has 2 saturated carbocycles. The Labute approximate surface area is 101 Å². The van der Waals surface area contributed by atoms with Gasteiger partial charge in [0.1, 0.15) is 0 Å². The molecule has 3 heteroatoms. The molecule has 1 amide bonds. The molecule has 0 aliphatic heterocycles. The van der Waals surface area contributed by atoms with E-state index in [0.717, 1.165) is 24.8 Å². The molecule has 0 heterocycles. The Balaban J connectivity index is 1.98. The molecule has 0 saturated heterocycles. The predicted octanol–water partition coefficient (Wildman–Crippen LogP) is 1.41. The quantitative estimate of drug-likeness (QED) is 0.808. The van der Waals surface area contributed by atoms with E-state index >= 15 is 0 Å². The van der Waals surface area contributed by atoms with Crippen molar-refractivity contribution in [1.29, 1.82) is 0 Å². The number of carbonyl (C=O) groups is 1. The van der Waals surface area contributed by atoms with Crippen LogP contribution in [0.5, 0.6) is 0 Å². The second-order valence-corrected chi connectivity index (χ2v) is 5.26.